The number of aromatic nitrogens is 2. The van der Waals surface area contributed by atoms with Gasteiger partial charge in [-0.15, -0.1) is 11.8 Å². The molecule has 0 radical (unpaired) electrons. The Balaban J connectivity index is 1.92. The van der Waals surface area contributed by atoms with Gasteiger partial charge in [-0.2, -0.15) is 0 Å². The average molecular weight is 295 g/mol. The van der Waals surface area contributed by atoms with E-state index in [9.17, 15) is 4.79 Å². The van der Waals surface area contributed by atoms with E-state index >= 15 is 0 Å². The van der Waals surface area contributed by atoms with E-state index in [1.165, 1.54) is 11.8 Å². The van der Waals surface area contributed by atoms with Crippen molar-refractivity contribution in [3.8, 4) is 0 Å². The van der Waals surface area contributed by atoms with Crippen molar-refractivity contribution in [3.63, 3.8) is 0 Å². The number of rotatable bonds is 4. The molecule has 1 amide bonds. The van der Waals surface area contributed by atoms with Crippen LogP contribution in [0, 0.1) is 0 Å². The van der Waals surface area contributed by atoms with Gasteiger partial charge in [0.05, 0.1) is 23.3 Å². The molecule has 0 aliphatic carbocycles. The molecule has 2 aromatic rings. The highest BCUT2D eigenvalue weighted by molar-refractivity contribution is 8.00. The van der Waals surface area contributed by atoms with Crippen LogP contribution in [-0.2, 0) is 4.79 Å². The fourth-order valence-electron chi connectivity index (χ4n) is 1.33. The maximum atomic E-state index is 11.8. The molecule has 0 aromatic carbocycles. The summed E-state index contributed by atoms with van der Waals surface area (Å²) in [6, 6.07) is 5.17. The summed E-state index contributed by atoms with van der Waals surface area (Å²) in [5, 5.41) is 2.96. The number of hydrogen-bond donors (Lipinski definition) is 2. The van der Waals surface area contributed by atoms with Crippen molar-refractivity contribution in [2.75, 3.05) is 16.8 Å². The van der Waals surface area contributed by atoms with Gasteiger partial charge in [0.1, 0.15) is 0 Å². The first-order valence-electron chi connectivity index (χ1n) is 5.39. The standard InChI is InChI=1S/C12H11ClN4OS/c13-12-9(2-1-4-16-12)17-11(18)7-19-10-3-5-15-6-8(10)14/h1-6H,7,14H2,(H,17,18). The highest BCUT2D eigenvalue weighted by Crippen LogP contribution is 2.24. The Kier molecular flexibility index (Phi) is 4.59. The van der Waals surface area contributed by atoms with Gasteiger partial charge in [-0.1, -0.05) is 11.6 Å². The normalized spacial score (nSPS) is 10.2. The van der Waals surface area contributed by atoms with Crippen molar-refractivity contribution in [2.45, 2.75) is 4.90 Å². The lowest BCUT2D eigenvalue weighted by Crippen LogP contribution is -2.14. The molecule has 5 nitrogen and oxygen atoms in total. The minimum absolute atomic E-state index is 0.170. The van der Waals surface area contributed by atoms with Crippen LogP contribution in [0.4, 0.5) is 11.4 Å². The van der Waals surface area contributed by atoms with Crippen LogP contribution in [-0.4, -0.2) is 21.6 Å². The zero-order valence-electron chi connectivity index (χ0n) is 9.84. The molecule has 0 fully saturated rings. The first kappa shape index (κ1) is 13.6. The zero-order chi connectivity index (χ0) is 13.7. The predicted molar refractivity (Wildman–Crippen MR) is 77.3 cm³/mol. The fourth-order valence-corrected chi connectivity index (χ4v) is 2.24. The summed E-state index contributed by atoms with van der Waals surface area (Å²) >= 11 is 7.19. The van der Waals surface area contributed by atoms with E-state index in [2.05, 4.69) is 15.3 Å². The number of nitrogens with two attached hydrogens (primary N) is 1. The quantitative estimate of drug-likeness (QED) is 0.669. The van der Waals surface area contributed by atoms with Crippen molar-refractivity contribution in [2.24, 2.45) is 0 Å². The molecule has 0 saturated carbocycles. The van der Waals surface area contributed by atoms with Crippen LogP contribution in [0.5, 0.6) is 0 Å². The number of nitrogens with zero attached hydrogens (tertiary/aromatic N) is 2. The minimum Gasteiger partial charge on any atom is -0.397 e. The highest BCUT2D eigenvalue weighted by atomic mass is 35.5. The summed E-state index contributed by atoms with van der Waals surface area (Å²) in [6.07, 6.45) is 4.75. The van der Waals surface area contributed by atoms with E-state index in [1.807, 2.05) is 0 Å². The molecule has 19 heavy (non-hydrogen) atoms. The Morgan fingerprint density at radius 1 is 1.42 bits per heavy atom. The van der Waals surface area contributed by atoms with Crippen LogP contribution in [0.3, 0.4) is 0 Å². The van der Waals surface area contributed by atoms with Gasteiger partial charge < -0.3 is 11.1 Å². The predicted octanol–water partition coefficient (Wildman–Crippen LogP) is 2.44. The lowest BCUT2D eigenvalue weighted by Gasteiger charge is -2.07. The van der Waals surface area contributed by atoms with Crippen LogP contribution < -0.4 is 11.1 Å². The molecule has 0 aliphatic heterocycles. The van der Waals surface area contributed by atoms with Crippen molar-refractivity contribution in [3.05, 3.63) is 41.9 Å². The Morgan fingerprint density at radius 3 is 3.00 bits per heavy atom. The Labute approximate surface area is 119 Å². The van der Waals surface area contributed by atoms with Gasteiger partial charge in [-0.3, -0.25) is 9.78 Å². The topological polar surface area (TPSA) is 80.9 Å². The van der Waals surface area contributed by atoms with Crippen LogP contribution in [0.1, 0.15) is 0 Å². The number of hydrogen-bond acceptors (Lipinski definition) is 5. The van der Waals surface area contributed by atoms with E-state index in [0.29, 0.717) is 11.4 Å². The van der Waals surface area contributed by atoms with Crippen molar-refractivity contribution < 1.29 is 4.79 Å². The molecule has 98 valence electrons. The summed E-state index contributed by atoms with van der Waals surface area (Å²) < 4.78 is 0. The molecule has 0 aliphatic rings. The fraction of sp³-hybridized carbons (Fsp3) is 0.0833. The van der Waals surface area contributed by atoms with E-state index in [4.69, 9.17) is 17.3 Å². The van der Waals surface area contributed by atoms with Crippen LogP contribution in [0.2, 0.25) is 5.15 Å². The number of carbonyl (C=O) groups is 1. The van der Waals surface area contributed by atoms with Crippen LogP contribution in [0.15, 0.2) is 41.7 Å². The Morgan fingerprint density at radius 2 is 2.26 bits per heavy atom. The van der Waals surface area contributed by atoms with Gasteiger partial charge >= 0.3 is 0 Å². The lowest BCUT2D eigenvalue weighted by atomic mass is 10.4. The Bertz CT molecular complexity index is 593. The molecule has 0 unspecified atom stereocenters. The largest absolute Gasteiger partial charge is 0.397 e. The van der Waals surface area contributed by atoms with Crippen LogP contribution in [0.25, 0.3) is 0 Å². The highest BCUT2D eigenvalue weighted by Gasteiger charge is 2.08. The van der Waals surface area contributed by atoms with Crippen molar-refractivity contribution in [1.29, 1.82) is 0 Å². The van der Waals surface area contributed by atoms with E-state index in [0.717, 1.165) is 4.90 Å². The number of nitrogen functional groups attached to an aromatic ring is 1. The smallest absolute Gasteiger partial charge is 0.234 e. The van der Waals surface area contributed by atoms with Gasteiger partial charge in [-0.25, -0.2) is 4.98 Å². The molecule has 2 rings (SSSR count). The maximum absolute atomic E-state index is 11.8. The third-order valence-electron chi connectivity index (χ3n) is 2.20. The number of nitrogens with one attached hydrogen (secondary N) is 1. The molecule has 0 bridgehead atoms. The second-order valence-electron chi connectivity index (χ2n) is 3.59. The molecule has 0 saturated heterocycles. The monoisotopic (exact) mass is 294 g/mol. The molecular formula is C12H11ClN4OS. The van der Waals surface area contributed by atoms with Crippen molar-refractivity contribution in [1.82, 2.24) is 9.97 Å². The van der Waals surface area contributed by atoms with Crippen molar-refractivity contribution >= 4 is 40.6 Å². The summed E-state index contributed by atoms with van der Waals surface area (Å²) in [4.78, 5) is 20.4. The van der Waals surface area contributed by atoms with E-state index in [-0.39, 0.29) is 16.8 Å². The molecule has 3 N–H and O–H groups in total. The first-order valence-corrected chi connectivity index (χ1v) is 6.76. The minimum atomic E-state index is -0.170. The molecule has 2 aromatic heterocycles. The first-order chi connectivity index (χ1) is 9.16. The van der Waals surface area contributed by atoms with Gasteiger partial charge in [0.2, 0.25) is 5.91 Å². The lowest BCUT2D eigenvalue weighted by molar-refractivity contribution is -0.113. The zero-order valence-corrected chi connectivity index (χ0v) is 11.4. The van der Waals surface area contributed by atoms with Gasteiger partial charge in [-0.05, 0) is 18.2 Å². The Hall–Kier alpha value is -1.79. The number of anilines is 2. The average Bonchev–Trinajstić information content (AvgIpc) is 2.40. The summed E-state index contributed by atoms with van der Waals surface area (Å²) in [5.41, 5.74) is 6.79. The van der Waals surface area contributed by atoms with Gasteiger partial charge in [0.15, 0.2) is 5.15 Å². The second-order valence-corrected chi connectivity index (χ2v) is 4.97. The number of pyridine rings is 2. The van der Waals surface area contributed by atoms with Crippen LogP contribution >= 0.6 is 23.4 Å². The SMILES string of the molecule is Nc1cnccc1SCC(=O)Nc1cccnc1Cl. The third kappa shape index (κ3) is 3.84. The molecule has 7 heteroatoms. The summed E-state index contributed by atoms with van der Waals surface area (Å²) in [6.45, 7) is 0. The maximum Gasteiger partial charge on any atom is 0.234 e. The van der Waals surface area contributed by atoms with E-state index in [1.54, 1.807) is 36.8 Å². The summed E-state index contributed by atoms with van der Waals surface area (Å²) in [7, 11) is 0. The number of thioether (sulfide) groups is 1. The number of amides is 1. The van der Waals surface area contributed by atoms with Gasteiger partial charge in [0.25, 0.3) is 0 Å². The summed E-state index contributed by atoms with van der Waals surface area (Å²) in [5.74, 6) is 0.0653. The van der Waals surface area contributed by atoms with Gasteiger partial charge in [0, 0.05) is 17.3 Å². The van der Waals surface area contributed by atoms with E-state index < -0.39 is 0 Å². The molecule has 2 heterocycles. The molecule has 0 atom stereocenters. The third-order valence-corrected chi connectivity index (χ3v) is 3.59. The molecular weight excluding hydrogens is 284 g/mol. The second kappa shape index (κ2) is 6.40. The molecule has 0 spiro atoms. The number of carbonyl (C=O) groups excluding carboxylic acids is 1. The number of halogens is 1.